The number of amides is 1. The van der Waals surface area contributed by atoms with Crippen LogP contribution in [0.3, 0.4) is 0 Å². The van der Waals surface area contributed by atoms with Crippen LogP contribution < -0.4 is 11.1 Å². The number of fused-ring (bicyclic) bond motifs is 3. The average molecular weight is 761 g/mol. The zero-order valence-electron chi connectivity index (χ0n) is 25.8. The molecule has 2 aromatic heterocycles. The quantitative estimate of drug-likeness (QED) is 0.0880. The van der Waals surface area contributed by atoms with E-state index in [-0.39, 0.29) is 52.6 Å². The van der Waals surface area contributed by atoms with Crippen LogP contribution in [0, 0.1) is 11.8 Å². The van der Waals surface area contributed by atoms with Crippen molar-refractivity contribution >= 4 is 57.8 Å². The Hall–Kier alpha value is -4.40. The van der Waals surface area contributed by atoms with Gasteiger partial charge in [0.25, 0.3) is 5.91 Å². The highest BCUT2D eigenvalue weighted by Crippen LogP contribution is 2.66. The molecule has 0 saturated carbocycles. The number of nitrogen functional groups attached to an aromatic ring is 1. The Balaban J connectivity index is 1.11. The summed E-state index contributed by atoms with van der Waals surface area (Å²) in [5.74, 6) is 4.66. The first kappa shape index (κ1) is 36.4. The van der Waals surface area contributed by atoms with Gasteiger partial charge in [-0.3, -0.25) is 18.9 Å². The number of rotatable bonds is 10. The van der Waals surface area contributed by atoms with Gasteiger partial charge in [-0.1, -0.05) is 36.1 Å². The fraction of sp³-hybridized carbons (Fsp3) is 0.207. The first-order valence-corrected chi connectivity index (χ1v) is 19.2. The van der Waals surface area contributed by atoms with Crippen molar-refractivity contribution in [2.24, 2.45) is 0 Å². The van der Waals surface area contributed by atoms with Gasteiger partial charge in [0.2, 0.25) is 0 Å². The van der Waals surface area contributed by atoms with E-state index in [0.29, 0.717) is 28.6 Å². The van der Waals surface area contributed by atoms with Crippen molar-refractivity contribution in [2.75, 3.05) is 18.9 Å². The van der Waals surface area contributed by atoms with Crippen molar-refractivity contribution < 1.29 is 65.5 Å². The number of ketones is 2. The number of phosphoric acid groups is 3. The van der Waals surface area contributed by atoms with Gasteiger partial charge in [-0.2, -0.15) is 8.62 Å². The van der Waals surface area contributed by atoms with Crippen LogP contribution in [0.1, 0.15) is 66.8 Å². The maximum absolute atomic E-state index is 13.0. The van der Waals surface area contributed by atoms with Crippen molar-refractivity contribution in [1.29, 1.82) is 0 Å². The monoisotopic (exact) mass is 761 g/mol. The first-order valence-electron chi connectivity index (χ1n) is 14.7. The Labute approximate surface area is 287 Å². The number of hydrogen-bond acceptors (Lipinski definition) is 13. The summed E-state index contributed by atoms with van der Waals surface area (Å²) in [7, 11) is -16.5. The molecule has 1 amide bonds. The summed E-state index contributed by atoms with van der Waals surface area (Å²) < 4.78 is 54.1. The SMILES string of the molecule is Nc1ncnc2c1c(C#CCNC(=O)c1ccc3c(c1)C(=O)c1ccccc1C3=O)cn2[C@H]1CC[C@@H](COP(=O)(O)OP(=O)(O)OP(=O)(O)O)O1. The smallest absolute Gasteiger partial charge is 0.383 e. The minimum Gasteiger partial charge on any atom is -0.383 e. The van der Waals surface area contributed by atoms with Gasteiger partial charge in [-0.05, 0) is 31.0 Å². The van der Waals surface area contributed by atoms with E-state index in [0.717, 1.165) is 0 Å². The number of benzene rings is 2. The van der Waals surface area contributed by atoms with Crippen molar-refractivity contribution in [3.05, 3.63) is 88.4 Å². The van der Waals surface area contributed by atoms with Crippen LogP contribution in [0.2, 0.25) is 0 Å². The highest BCUT2D eigenvalue weighted by Gasteiger charge is 2.41. The zero-order valence-corrected chi connectivity index (χ0v) is 28.5. The van der Waals surface area contributed by atoms with Crippen LogP contribution in [0.5, 0.6) is 0 Å². The maximum Gasteiger partial charge on any atom is 0.490 e. The number of nitrogens with zero attached hydrogens (tertiary/aromatic N) is 3. The highest BCUT2D eigenvalue weighted by molar-refractivity contribution is 7.66. The minimum atomic E-state index is -5.67. The molecular formula is C29H26N5O14P3. The lowest BCUT2D eigenvalue weighted by Gasteiger charge is -2.19. The fourth-order valence-electron chi connectivity index (χ4n) is 5.52. The van der Waals surface area contributed by atoms with E-state index >= 15 is 0 Å². The largest absolute Gasteiger partial charge is 0.490 e. The van der Waals surface area contributed by atoms with Gasteiger partial charge in [0.1, 0.15) is 24.0 Å². The molecule has 19 nitrogen and oxygen atoms in total. The molecule has 51 heavy (non-hydrogen) atoms. The lowest BCUT2D eigenvalue weighted by molar-refractivity contribution is -0.0202. The Morgan fingerprint density at radius 3 is 2.35 bits per heavy atom. The molecule has 22 heteroatoms. The second-order valence-corrected chi connectivity index (χ2v) is 15.5. The number of carbonyl (C=O) groups is 3. The molecule has 4 atom stereocenters. The van der Waals surface area contributed by atoms with Crippen molar-refractivity contribution in [3.63, 3.8) is 0 Å². The maximum atomic E-state index is 13.0. The van der Waals surface area contributed by atoms with Gasteiger partial charge in [0.05, 0.1) is 30.2 Å². The summed E-state index contributed by atoms with van der Waals surface area (Å²) in [6, 6.07) is 10.7. The Bertz CT molecular complexity index is 2310. The molecule has 3 heterocycles. The molecule has 2 aliphatic rings. The minimum absolute atomic E-state index is 0.101. The summed E-state index contributed by atoms with van der Waals surface area (Å²) in [6.07, 6.45) is 1.86. The first-order chi connectivity index (χ1) is 24.0. The molecule has 2 unspecified atom stereocenters. The lowest BCUT2D eigenvalue weighted by Crippen LogP contribution is -2.26. The van der Waals surface area contributed by atoms with Crippen molar-refractivity contribution in [1.82, 2.24) is 19.9 Å². The van der Waals surface area contributed by atoms with E-state index in [1.54, 1.807) is 35.0 Å². The molecule has 4 aromatic rings. The van der Waals surface area contributed by atoms with Gasteiger partial charge in [0, 0.05) is 34.0 Å². The summed E-state index contributed by atoms with van der Waals surface area (Å²) in [5.41, 5.74) is 7.92. The molecule has 6 rings (SSSR count). The van der Waals surface area contributed by atoms with Gasteiger partial charge < -0.3 is 39.9 Å². The number of carbonyl (C=O) groups excluding carboxylic acids is 3. The molecule has 1 aliphatic heterocycles. The topological polar surface area (TPSA) is 289 Å². The van der Waals surface area contributed by atoms with E-state index in [1.807, 2.05) is 0 Å². The van der Waals surface area contributed by atoms with Crippen LogP contribution in [-0.4, -0.2) is 70.8 Å². The molecule has 266 valence electrons. The molecule has 7 N–H and O–H groups in total. The van der Waals surface area contributed by atoms with Gasteiger partial charge in [-0.25, -0.2) is 23.7 Å². The molecule has 1 aliphatic carbocycles. The van der Waals surface area contributed by atoms with Gasteiger partial charge >= 0.3 is 23.5 Å². The third-order valence-electron chi connectivity index (χ3n) is 7.62. The number of anilines is 1. The van der Waals surface area contributed by atoms with Gasteiger partial charge in [-0.15, -0.1) is 0 Å². The number of nitrogens with one attached hydrogen (secondary N) is 1. The molecule has 0 spiro atoms. The molecule has 2 aromatic carbocycles. The van der Waals surface area contributed by atoms with Crippen LogP contribution in [0.15, 0.2) is 55.0 Å². The van der Waals surface area contributed by atoms with Gasteiger partial charge in [0.15, 0.2) is 11.6 Å². The molecule has 0 bridgehead atoms. The Morgan fingerprint density at radius 2 is 1.65 bits per heavy atom. The third-order valence-corrected chi connectivity index (χ3v) is 11.4. The highest BCUT2D eigenvalue weighted by atomic mass is 31.3. The van der Waals surface area contributed by atoms with Crippen LogP contribution in [-0.2, 0) is 31.6 Å². The molecule has 1 fully saturated rings. The predicted octanol–water partition coefficient (Wildman–Crippen LogP) is 2.59. The number of hydrogen-bond donors (Lipinski definition) is 6. The number of aromatic nitrogens is 3. The Kier molecular flexibility index (Phi) is 9.96. The summed E-state index contributed by atoms with van der Waals surface area (Å²) in [5, 5.41) is 3.04. The van der Waals surface area contributed by atoms with E-state index in [9.17, 15) is 37.9 Å². The van der Waals surface area contributed by atoms with Crippen molar-refractivity contribution in [3.8, 4) is 11.8 Å². The van der Waals surface area contributed by atoms with E-state index < -0.39 is 48.3 Å². The van der Waals surface area contributed by atoms with Crippen LogP contribution >= 0.6 is 23.5 Å². The van der Waals surface area contributed by atoms with E-state index in [2.05, 4.69) is 40.3 Å². The van der Waals surface area contributed by atoms with E-state index in [4.69, 9.17) is 20.3 Å². The normalized spacial score (nSPS) is 19.4. The van der Waals surface area contributed by atoms with E-state index in [1.165, 1.54) is 24.5 Å². The molecule has 0 radical (unpaired) electrons. The van der Waals surface area contributed by atoms with Crippen LogP contribution in [0.4, 0.5) is 5.82 Å². The third kappa shape index (κ3) is 8.08. The summed E-state index contributed by atoms with van der Waals surface area (Å²) in [4.78, 5) is 83.5. The van der Waals surface area contributed by atoms with Crippen molar-refractivity contribution in [2.45, 2.75) is 25.2 Å². The Morgan fingerprint density at radius 1 is 0.961 bits per heavy atom. The fourth-order valence-corrected chi connectivity index (χ4v) is 8.57. The second-order valence-electron chi connectivity index (χ2n) is 11.0. The van der Waals surface area contributed by atoms with Crippen LogP contribution in [0.25, 0.3) is 11.0 Å². The lowest BCUT2D eigenvalue weighted by atomic mass is 9.83. The summed E-state index contributed by atoms with van der Waals surface area (Å²) >= 11 is 0. The average Bonchev–Trinajstić information content (AvgIpc) is 3.68. The zero-order chi connectivity index (χ0) is 36.7. The second kappa shape index (κ2) is 14.0. The standard InChI is InChI=1S/C29H26N5O14P3/c30-27-24-17(4-3-11-31-29(37)16-7-9-21-22(12-16)26(36)20-6-2-1-5-19(20)25(21)35)13-34(28(24)33-15-32-27)23-10-8-18(46-23)14-45-50(41,42)48-51(43,44)47-49(38,39)40/h1-2,5-7,9,12-13,15,18,23H,8,10-11,14H2,(H,31,37)(H,41,42)(H,43,44)(H2,30,32,33)(H2,38,39,40)/t18-,23+/m0/s1. The molecular weight excluding hydrogens is 735 g/mol. The number of nitrogens with two attached hydrogens (primary N) is 1. The predicted molar refractivity (Wildman–Crippen MR) is 174 cm³/mol. The summed E-state index contributed by atoms with van der Waals surface area (Å²) in [6.45, 7) is -0.737. The number of phosphoric ester groups is 1. The number of ether oxygens (including phenoxy) is 1. The molecule has 1 saturated heterocycles.